The first-order chi connectivity index (χ1) is 9.85. The van der Waals surface area contributed by atoms with Crippen molar-refractivity contribution in [3.05, 3.63) is 66.0 Å². The van der Waals surface area contributed by atoms with Gasteiger partial charge >= 0.3 is 0 Å². The van der Waals surface area contributed by atoms with Crippen LogP contribution in [-0.4, -0.2) is 9.97 Å². The number of benzene rings is 2. The molecule has 0 amide bonds. The number of hydrogen-bond donors (Lipinski definition) is 1. The lowest BCUT2D eigenvalue weighted by Crippen LogP contribution is -1.99. The second kappa shape index (κ2) is 5.70. The molecule has 3 heteroatoms. The van der Waals surface area contributed by atoms with Crippen LogP contribution in [-0.2, 0) is 13.0 Å². The average molecular weight is 263 g/mol. The Bertz CT molecular complexity index is 705. The van der Waals surface area contributed by atoms with Crippen molar-refractivity contribution in [3.8, 4) is 0 Å². The van der Waals surface area contributed by atoms with E-state index in [-0.39, 0.29) is 0 Å². The highest BCUT2D eigenvalue weighted by Gasteiger charge is 1.98. The van der Waals surface area contributed by atoms with Gasteiger partial charge in [0.2, 0.25) is 0 Å². The number of nitrogens with one attached hydrogen (secondary N) is 1. The van der Waals surface area contributed by atoms with E-state index < -0.39 is 0 Å². The zero-order valence-electron chi connectivity index (χ0n) is 11.5. The third-order valence-electron chi connectivity index (χ3n) is 3.40. The number of aryl methyl sites for hydroxylation is 1. The SMILES string of the molecule is CCc1ccc(CNc2ccc3nccnc3c2)cc1. The first-order valence-electron chi connectivity index (χ1n) is 6.87. The van der Waals surface area contributed by atoms with Gasteiger partial charge in [-0.25, -0.2) is 0 Å². The van der Waals surface area contributed by atoms with Crippen LogP contribution >= 0.6 is 0 Å². The number of aromatic nitrogens is 2. The van der Waals surface area contributed by atoms with Crippen molar-refractivity contribution in [2.24, 2.45) is 0 Å². The van der Waals surface area contributed by atoms with E-state index in [1.54, 1.807) is 12.4 Å². The highest BCUT2D eigenvalue weighted by molar-refractivity contribution is 5.78. The Hall–Kier alpha value is -2.42. The molecule has 0 saturated heterocycles. The van der Waals surface area contributed by atoms with Crippen molar-refractivity contribution in [2.45, 2.75) is 19.9 Å². The predicted molar refractivity (Wildman–Crippen MR) is 82.7 cm³/mol. The molecule has 0 spiro atoms. The van der Waals surface area contributed by atoms with Crippen molar-refractivity contribution in [3.63, 3.8) is 0 Å². The summed E-state index contributed by atoms with van der Waals surface area (Å²) in [5, 5.41) is 3.42. The molecule has 1 heterocycles. The van der Waals surface area contributed by atoms with E-state index in [0.717, 1.165) is 29.7 Å². The van der Waals surface area contributed by atoms with Gasteiger partial charge in [-0.1, -0.05) is 31.2 Å². The summed E-state index contributed by atoms with van der Waals surface area (Å²) in [5.41, 5.74) is 5.55. The fourth-order valence-corrected chi connectivity index (χ4v) is 2.17. The van der Waals surface area contributed by atoms with Gasteiger partial charge in [0.25, 0.3) is 0 Å². The van der Waals surface area contributed by atoms with E-state index in [1.165, 1.54) is 11.1 Å². The van der Waals surface area contributed by atoms with Gasteiger partial charge in [-0.15, -0.1) is 0 Å². The van der Waals surface area contributed by atoms with Crippen LogP contribution in [0.1, 0.15) is 18.1 Å². The Morgan fingerprint density at radius 1 is 0.850 bits per heavy atom. The predicted octanol–water partition coefficient (Wildman–Crippen LogP) is 3.80. The van der Waals surface area contributed by atoms with Crippen LogP contribution in [0.25, 0.3) is 11.0 Å². The molecule has 0 atom stereocenters. The standard InChI is InChI=1S/C17H17N3/c1-2-13-3-5-14(6-4-13)12-20-15-7-8-16-17(11-15)19-10-9-18-16/h3-11,20H,2,12H2,1H3. The molecule has 3 rings (SSSR count). The molecule has 0 unspecified atom stereocenters. The third-order valence-corrected chi connectivity index (χ3v) is 3.40. The largest absolute Gasteiger partial charge is 0.381 e. The molecule has 0 radical (unpaired) electrons. The minimum atomic E-state index is 0.815. The molecule has 0 saturated carbocycles. The quantitative estimate of drug-likeness (QED) is 0.778. The fraction of sp³-hybridized carbons (Fsp3) is 0.176. The van der Waals surface area contributed by atoms with Crippen molar-refractivity contribution in [1.82, 2.24) is 9.97 Å². The molecule has 100 valence electrons. The zero-order chi connectivity index (χ0) is 13.8. The smallest absolute Gasteiger partial charge is 0.0907 e. The van der Waals surface area contributed by atoms with E-state index in [1.807, 2.05) is 18.2 Å². The molecule has 3 nitrogen and oxygen atoms in total. The summed E-state index contributed by atoms with van der Waals surface area (Å²) in [6.07, 6.45) is 4.51. The number of anilines is 1. The molecule has 1 aromatic heterocycles. The Balaban J connectivity index is 1.72. The molecule has 0 bridgehead atoms. The van der Waals surface area contributed by atoms with Gasteiger partial charge in [-0.3, -0.25) is 9.97 Å². The molecular formula is C17H17N3. The first kappa shape index (κ1) is 12.6. The Morgan fingerprint density at radius 3 is 2.30 bits per heavy atom. The second-order valence-electron chi connectivity index (χ2n) is 4.78. The highest BCUT2D eigenvalue weighted by Crippen LogP contribution is 2.16. The maximum absolute atomic E-state index is 4.32. The Labute approximate surface area is 118 Å². The van der Waals surface area contributed by atoms with E-state index in [0.29, 0.717) is 0 Å². The molecular weight excluding hydrogens is 246 g/mol. The molecule has 0 aliphatic rings. The monoisotopic (exact) mass is 263 g/mol. The van der Waals surface area contributed by atoms with E-state index in [4.69, 9.17) is 0 Å². The molecule has 3 aromatic rings. The van der Waals surface area contributed by atoms with E-state index in [9.17, 15) is 0 Å². The van der Waals surface area contributed by atoms with Crippen molar-refractivity contribution >= 4 is 16.7 Å². The second-order valence-corrected chi connectivity index (χ2v) is 4.78. The van der Waals surface area contributed by atoms with Crippen LogP contribution < -0.4 is 5.32 Å². The van der Waals surface area contributed by atoms with Gasteiger partial charge in [-0.05, 0) is 35.7 Å². The van der Waals surface area contributed by atoms with Gasteiger partial charge < -0.3 is 5.32 Å². The lowest BCUT2D eigenvalue weighted by atomic mass is 10.1. The van der Waals surface area contributed by atoms with Crippen LogP contribution in [0.15, 0.2) is 54.9 Å². The van der Waals surface area contributed by atoms with Gasteiger partial charge in [0.1, 0.15) is 0 Å². The highest BCUT2D eigenvalue weighted by atomic mass is 14.9. The van der Waals surface area contributed by atoms with Gasteiger partial charge in [0.05, 0.1) is 11.0 Å². The summed E-state index contributed by atoms with van der Waals surface area (Å²) >= 11 is 0. The summed E-state index contributed by atoms with van der Waals surface area (Å²) in [7, 11) is 0. The molecule has 20 heavy (non-hydrogen) atoms. The minimum Gasteiger partial charge on any atom is -0.381 e. The van der Waals surface area contributed by atoms with Crippen molar-refractivity contribution < 1.29 is 0 Å². The molecule has 1 N–H and O–H groups in total. The van der Waals surface area contributed by atoms with Gasteiger partial charge in [0, 0.05) is 24.6 Å². The Kier molecular flexibility index (Phi) is 3.59. The molecule has 0 aliphatic carbocycles. The summed E-state index contributed by atoms with van der Waals surface area (Å²) in [6.45, 7) is 2.99. The number of fused-ring (bicyclic) bond motifs is 1. The van der Waals surface area contributed by atoms with Crippen molar-refractivity contribution in [2.75, 3.05) is 5.32 Å². The maximum atomic E-state index is 4.32. The number of hydrogen-bond acceptors (Lipinski definition) is 3. The summed E-state index contributed by atoms with van der Waals surface area (Å²) in [5.74, 6) is 0. The van der Waals surface area contributed by atoms with Gasteiger partial charge in [-0.2, -0.15) is 0 Å². The van der Waals surface area contributed by atoms with Crippen LogP contribution in [0.4, 0.5) is 5.69 Å². The summed E-state index contributed by atoms with van der Waals surface area (Å²) < 4.78 is 0. The van der Waals surface area contributed by atoms with Crippen LogP contribution in [0.5, 0.6) is 0 Å². The molecule has 0 aliphatic heterocycles. The lowest BCUT2D eigenvalue weighted by Gasteiger charge is -2.08. The summed E-state index contributed by atoms with van der Waals surface area (Å²) in [6, 6.07) is 14.8. The molecule has 0 fully saturated rings. The fourth-order valence-electron chi connectivity index (χ4n) is 2.17. The summed E-state index contributed by atoms with van der Waals surface area (Å²) in [4.78, 5) is 8.59. The maximum Gasteiger partial charge on any atom is 0.0907 e. The van der Waals surface area contributed by atoms with Crippen LogP contribution in [0, 0.1) is 0 Å². The number of nitrogens with zero attached hydrogens (tertiary/aromatic N) is 2. The van der Waals surface area contributed by atoms with Crippen LogP contribution in [0.3, 0.4) is 0 Å². The average Bonchev–Trinajstić information content (AvgIpc) is 2.53. The first-order valence-corrected chi connectivity index (χ1v) is 6.87. The zero-order valence-corrected chi connectivity index (χ0v) is 11.5. The lowest BCUT2D eigenvalue weighted by molar-refractivity contribution is 1.11. The van der Waals surface area contributed by atoms with Crippen molar-refractivity contribution in [1.29, 1.82) is 0 Å². The topological polar surface area (TPSA) is 37.8 Å². The molecule has 2 aromatic carbocycles. The van der Waals surface area contributed by atoms with Crippen LogP contribution in [0.2, 0.25) is 0 Å². The number of rotatable bonds is 4. The Morgan fingerprint density at radius 2 is 1.55 bits per heavy atom. The van der Waals surface area contributed by atoms with E-state index in [2.05, 4.69) is 46.5 Å². The third kappa shape index (κ3) is 2.77. The van der Waals surface area contributed by atoms with E-state index >= 15 is 0 Å². The minimum absolute atomic E-state index is 0.815. The normalized spacial score (nSPS) is 10.7. The van der Waals surface area contributed by atoms with Gasteiger partial charge in [0.15, 0.2) is 0 Å².